The number of benzene rings is 10. The molecule has 0 unspecified atom stereocenters. The minimum Gasteiger partial charge on any atom is -0.310 e. The van der Waals surface area contributed by atoms with E-state index in [0.717, 1.165) is 45.3 Å². The first-order valence-electron chi connectivity index (χ1n) is 21.4. The fourth-order valence-electron chi connectivity index (χ4n) is 8.76. The van der Waals surface area contributed by atoms with E-state index >= 15 is 0 Å². The van der Waals surface area contributed by atoms with Crippen LogP contribution in [-0.2, 0) is 0 Å². The summed E-state index contributed by atoms with van der Waals surface area (Å²) in [6.45, 7) is 0. The fourth-order valence-corrected chi connectivity index (χ4v) is 9.90. The average Bonchev–Trinajstić information content (AvgIpc) is 3.74. The van der Waals surface area contributed by atoms with Crippen molar-refractivity contribution in [1.82, 2.24) is 0 Å². The standard InChI is InChI=1S/C60H42N2S/c1-4-17-43(18-5-1)46-23-12-28-51(37-46)61(52-29-13-24-47(38-52)44-19-6-2-7-20-44)54-31-15-26-49(40-54)50-27-16-32-55(41-50)62(53-30-14-25-48(39-53)45-21-8-3-9-22-45)56-35-36-58-57-33-10-11-34-59(57)63-60(58)42-56/h1-42H. The summed E-state index contributed by atoms with van der Waals surface area (Å²) in [4.78, 5) is 4.79. The first-order chi connectivity index (χ1) is 31.2. The summed E-state index contributed by atoms with van der Waals surface area (Å²) < 4.78 is 2.58. The third-order valence-corrected chi connectivity index (χ3v) is 12.9. The van der Waals surface area contributed by atoms with Crippen LogP contribution in [0.3, 0.4) is 0 Å². The second kappa shape index (κ2) is 16.8. The molecule has 298 valence electrons. The minimum atomic E-state index is 1.08. The van der Waals surface area contributed by atoms with Gasteiger partial charge in [-0.1, -0.05) is 176 Å². The molecule has 0 spiro atoms. The molecule has 0 amide bonds. The van der Waals surface area contributed by atoms with Crippen LogP contribution in [0.2, 0.25) is 0 Å². The van der Waals surface area contributed by atoms with Gasteiger partial charge in [0.05, 0.1) is 0 Å². The predicted octanol–water partition coefficient (Wildman–Crippen LogP) is 17.7. The summed E-state index contributed by atoms with van der Waals surface area (Å²) in [6.07, 6.45) is 0. The molecule has 1 heterocycles. The van der Waals surface area contributed by atoms with E-state index in [2.05, 4.69) is 265 Å². The van der Waals surface area contributed by atoms with E-state index in [4.69, 9.17) is 0 Å². The van der Waals surface area contributed by atoms with Gasteiger partial charge in [-0.2, -0.15) is 0 Å². The minimum absolute atomic E-state index is 1.08. The zero-order valence-electron chi connectivity index (χ0n) is 34.6. The molecule has 0 atom stereocenters. The fraction of sp³-hybridized carbons (Fsp3) is 0. The molecule has 0 N–H and O–H groups in total. The van der Waals surface area contributed by atoms with Crippen molar-refractivity contribution in [3.63, 3.8) is 0 Å². The molecule has 11 aromatic rings. The molecule has 0 bridgehead atoms. The molecule has 0 saturated heterocycles. The number of hydrogen-bond donors (Lipinski definition) is 0. The van der Waals surface area contributed by atoms with Gasteiger partial charge in [-0.3, -0.25) is 0 Å². The highest BCUT2D eigenvalue weighted by Gasteiger charge is 2.19. The molecule has 0 saturated carbocycles. The Morgan fingerprint density at radius 1 is 0.206 bits per heavy atom. The van der Waals surface area contributed by atoms with E-state index < -0.39 is 0 Å². The third kappa shape index (κ3) is 7.67. The molecule has 0 aliphatic carbocycles. The zero-order chi connectivity index (χ0) is 42.0. The Kier molecular flexibility index (Phi) is 10.1. The van der Waals surface area contributed by atoms with Crippen LogP contribution in [0.15, 0.2) is 255 Å². The highest BCUT2D eigenvalue weighted by Crippen LogP contribution is 2.44. The second-order valence-electron chi connectivity index (χ2n) is 15.8. The van der Waals surface area contributed by atoms with Crippen molar-refractivity contribution >= 4 is 65.6 Å². The quantitative estimate of drug-likeness (QED) is 0.136. The number of rotatable bonds is 10. The van der Waals surface area contributed by atoms with E-state index in [1.807, 2.05) is 11.3 Å². The van der Waals surface area contributed by atoms with Gasteiger partial charge in [0, 0.05) is 54.3 Å². The van der Waals surface area contributed by atoms with E-state index in [1.165, 1.54) is 53.6 Å². The third-order valence-electron chi connectivity index (χ3n) is 11.8. The highest BCUT2D eigenvalue weighted by atomic mass is 32.1. The van der Waals surface area contributed by atoms with Crippen molar-refractivity contribution in [1.29, 1.82) is 0 Å². The van der Waals surface area contributed by atoms with Crippen LogP contribution < -0.4 is 9.80 Å². The molecule has 11 rings (SSSR count). The van der Waals surface area contributed by atoms with Gasteiger partial charge < -0.3 is 9.80 Å². The van der Waals surface area contributed by atoms with Gasteiger partial charge in [0.2, 0.25) is 0 Å². The Hall–Kier alpha value is -7.98. The Labute approximate surface area is 372 Å². The first-order valence-corrected chi connectivity index (χ1v) is 22.2. The van der Waals surface area contributed by atoms with Crippen molar-refractivity contribution in [2.24, 2.45) is 0 Å². The molecular formula is C60H42N2S. The molecule has 63 heavy (non-hydrogen) atoms. The zero-order valence-corrected chi connectivity index (χ0v) is 35.4. The molecule has 2 nitrogen and oxygen atoms in total. The number of nitrogens with zero attached hydrogens (tertiary/aromatic N) is 2. The van der Waals surface area contributed by atoms with Gasteiger partial charge in [-0.15, -0.1) is 11.3 Å². The maximum atomic E-state index is 2.40. The van der Waals surface area contributed by atoms with Crippen molar-refractivity contribution in [3.05, 3.63) is 255 Å². The summed E-state index contributed by atoms with van der Waals surface area (Å²) in [5.41, 5.74) is 15.9. The Bertz CT molecular complexity index is 3270. The first kappa shape index (κ1) is 38.0. The predicted molar refractivity (Wildman–Crippen MR) is 270 cm³/mol. The van der Waals surface area contributed by atoms with Gasteiger partial charge >= 0.3 is 0 Å². The number of thiophene rings is 1. The average molecular weight is 823 g/mol. The maximum absolute atomic E-state index is 2.40. The van der Waals surface area contributed by atoms with Crippen LogP contribution in [-0.4, -0.2) is 0 Å². The topological polar surface area (TPSA) is 6.48 Å². The van der Waals surface area contributed by atoms with Crippen molar-refractivity contribution in [2.75, 3.05) is 9.80 Å². The lowest BCUT2D eigenvalue weighted by molar-refractivity contribution is 1.28. The lowest BCUT2D eigenvalue weighted by Crippen LogP contribution is -2.11. The molecule has 0 radical (unpaired) electrons. The van der Waals surface area contributed by atoms with Crippen molar-refractivity contribution in [2.45, 2.75) is 0 Å². The largest absolute Gasteiger partial charge is 0.310 e. The van der Waals surface area contributed by atoms with E-state index in [0.29, 0.717) is 0 Å². The van der Waals surface area contributed by atoms with Crippen LogP contribution in [0, 0.1) is 0 Å². The Morgan fingerprint density at radius 3 is 0.905 bits per heavy atom. The van der Waals surface area contributed by atoms with Gasteiger partial charge in [-0.25, -0.2) is 0 Å². The molecule has 0 aliphatic heterocycles. The molecule has 1 aromatic heterocycles. The summed E-state index contributed by atoms with van der Waals surface area (Å²) >= 11 is 1.85. The van der Waals surface area contributed by atoms with Gasteiger partial charge in [-0.05, 0) is 123 Å². The molecule has 10 aromatic carbocycles. The smallest absolute Gasteiger partial charge is 0.0476 e. The van der Waals surface area contributed by atoms with Gasteiger partial charge in [0.25, 0.3) is 0 Å². The summed E-state index contributed by atoms with van der Waals surface area (Å²) in [5.74, 6) is 0. The molecule has 3 heteroatoms. The summed E-state index contributed by atoms with van der Waals surface area (Å²) in [6, 6.07) is 92.1. The number of fused-ring (bicyclic) bond motifs is 3. The second-order valence-corrected chi connectivity index (χ2v) is 16.9. The van der Waals surface area contributed by atoms with E-state index in [1.54, 1.807) is 0 Å². The normalized spacial score (nSPS) is 11.2. The SMILES string of the molecule is c1ccc(-c2cccc(N(c3cccc(-c4ccccc4)c3)c3cccc(-c4cccc(N(c5cccc(-c6ccccc6)c5)c5ccc6c(c5)sc5ccccc56)c4)c3)c2)cc1. The molecule has 0 fully saturated rings. The van der Waals surface area contributed by atoms with Crippen LogP contribution in [0.25, 0.3) is 64.7 Å². The van der Waals surface area contributed by atoms with Crippen LogP contribution in [0.4, 0.5) is 34.1 Å². The van der Waals surface area contributed by atoms with Crippen LogP contribution in [0.1, 0.15) is 0 Å². The number of anilines is 6. The molecule has 0 aliphatic rings. The van der Waals surface area contributed by atoms with Crippen LogP contribution in [0.5, 0.6) is 0 Å². The lowest BCUT2D eigenvalue weighted by atomic mass is 10.0. The Balaban J connectivity index is 1.03. The van der Waals surface area contributed by atoms with Crippen molar-refractivity contribution < 1.29 is 0 Å². The maximum Gasteiger partial charge on any atom is 0.0476 e. The molecular weight excluding hydrogens is 781 g/mol. The summed E-state index contributed by atoms with van der Waals surface area (Å²) in [5, 5.41) is 2.59. The number of hydrogen-bond acceptors (Lipinski definition) is 3. The van der Waals surface area contributed by atoms with Gasteiger partial charge in [0.1, 0.15) is 0 Å². The highest BCUT2D eigenvalue weighted by molar-refractivity contribution is 7.25. The lowest BCUT2D eigenvalue weighted by Gasteiger charge is -2.28. The Morgan fingerprint density at radius 2 is 0.508 bits per heavy atom. The van der Waals surface area contributed by atoms with E-state index in [9.17, 15) is 0 Å². The van der Waals surface area contributed by atoms with Crippen molar-refractivity contribution in [3.8, 4) is 44.5 Å². The summed E-state index contributed by atoms with van der Waals surface area (Å²) in [7, 11) is 0. The monoisotopic (exact) mass is 822 g/mol. The van der Waals surface area contributed by atoms with E-state index in [-0.39, 0.29) is 0 Å². The van der Waals surface area contributed by atoms with Crippen LogP contribution >= 0.6 is 11.3 Å². The van der Waals surface area contributed by atoms with Gasteiger partial charge in [0.15, 0.2) is 0 Å².